The average Bonchev–Trinajstić information content (AvgIpc) is 3.26. The van der Waals surface area contributed by atoms with Crippen molar-refractivity contribution in [3.8, 4) is 11.5 Å². The molecule has 25 heavy (non-hydrogen) atoms. The molecule has 130 valence electrons. The molecule has 0 aliphatic carbocycles. The smallest absolute Gasteiger partial charge is 0.156 e. The van der Waals surface area contributed by atoms with Gasteiger partial charge in [0.2, 0.25) is 0 Å². The largest absolute Gasteiger partial charge is 0.341 e. The van der Waals surface area contributed by atoms with Gasteiger partial charge in [0.1, 0.15) is 11.5 Å². The number of aryl methyl sites for hydroxylation is 2. The number of rotatable bonds is 4. The Hall–Kier alpha value is -2.12. The van der Waals surface area contributed by atoms with Gasteiger partial charge in [0.15, 0.2) is 5.82 Å². The summed E-state index contributed by atoms with van der Waals surface area (Å²) < 4.78 is 0. The lowest BCUT2D eigenvalue weighted by Crippen LogP contribution is -2.33. The zero-order valence-corrected chi connectivity index (χ0v) is 15.4. The quantitative estimate of drug-likeness (QED) is 0.774. The normalized spacial score (nSPS) is 18.6. The van der Waals surface area contributed by atoms with Gasteiger partial charge in [0, 0.05) is 23.8 Å². The van der Waals surface area contributed by atoms with E-state index in [1.807, 2.05) is 25.6 Å². The van der Waals surface area contributed by atoms with Crippen LogP contribution in [0.25, 0.3) is 11.5 Å². The highest BCUT2D eigenvalue weighted by molar-refractivity contribution is 7.07. The Labute approximate surface area is 151 Å². The maximum atomic E-state index is 4.76. The fourth-order valence-electron chi connectivity index (χ4n) is 3.46. The zero-order valence-electron chi connectivity index (χ0n) is 14.6. The lowest BCUT2D eigenvalue weighted by molar-refractivity contribution is 0.135. The number of thiazole rings is 1. The van der Waals surface area contributed by atoms with Crippen LogP contribution in [-0.4, -0.2) is 36.4 Å². The molecule has 4 rings (SSSR count). The van der Waals surface area contributed by atoms with Crippen LogP contribution in [0.3, 0.4) is 0 Å². The van der Waals surface area contributed by atoms with Crippen molar-refractivity contribution in [1.82, 2.24) is 29.8 Å². The van der Waals surface area contributed by atoms with Gasteiger partial charge in [-0.05, 0) is 39.3 Å². The number of H-pyrrole nitrogens is 1. The monoisotopic (exact) mass is 354 g/mol. The first-order valence-electron chi connectivity index (χ1n) is 8.68. The van der Waals surface area contributed by atoms with E-state index in [-0.39, 0.29) is 0 Å². The summed E-state index contributed by atoms with van der Waals surface area (Å²) in [5, 5.41) is 2.13. The summed E-state index contributed by atoms with van der Waals surface area (Å²) >= 11 is 1.65. The molecular weight excluding hydrogens is 332 g/mol. The number of piperidine rings is 1. The summed E-state index contributed by atoms with van der Waals surface area (Å²) in [7, 11) is 0. The van der Waals surface area contributed by atoms with E-state index >= 15 is 0 Å². The molecular formula is C18H22N6S. The zero-order chi connectivity index (χ0) is 17.2. The Morgan fingerprint density at radius 3 is 2.92 bits per heavy atom. The van der Waals surface area contributed by atoms with Crippen molar-refractivity contribution in [2.24, 2.45) is 0 Å². The molecule has 1 atom stereocenters. The first-order chi connectivity index (χ1) is 12.2. The minimum absolute atomic E-state index is 0.312. The summed E-state index contributed by atoms with van der Waals surface area (Å²) in [4.78, 5) is 24.0. The Morgan fingerprint density at radius 2 is 2.16 bits per heavy atom. The Bertz CT molecular complexity index is 841. The molecule has 1 aliphatic heterocycles. The molecule has 6 nitrogen and oxygen atoms in total. The molecule has 3 aromatic rings. The minimum Gasteiger partial charge on any atom is -0.341 e. The highest BCUT2D eigenvalue weighted by Gasteiger charge is 2.26. The van der Waals surface area contributed by atoms with Gasteiger partial charge in [0.25, 0.3) is 0 Å². The maximum absolute atomic E-state index is 4.76. The van der Waals surface area contributed by atoms with E-state index in [0.717, 1.165) is 53.9 Å². The van der Waals surface area contributed by atoms with Gasteiger partial charge in [-0.1, -0.05) is 6.42 Å². The third-order valence-corrected chi connectivity index (χ3v) is 5.24. The van der Waals surface area contributed by atoms with Crippen molar-refractivity contribution >= 4 is 11.3 Å². The van der Waals surface area contributed by atoms with E-state index < -0.39 is 0 Å². The second-order valence-corrected chi connectivity index (χ2v) is 7.32. The molecule has 1 fully saturated rings. The minimum atomic E-state index is 0.312. The SMILES string of the molecule is Cc1nc(-c2ncc(C)[nH]2)cc(C2CCCCN2Cc2cscn2)n1. The predicted molar refractivity (Wildman–Crippen MR) is 98.2 cm³/mol. The molecule has 0 spiro atoms. The second kappa shape index (κ2) is 7.01. The maximum Gasteiger partial charge on any atom is 0.156 e. The van der Waals surface area contributed by atoms with Gasteiger partial charge in [0.05, 0.1) is 22.9 Å². The summed E-state index contributed by atoms with van der Waals surface area (Å²) in [6.07, 6.45) is 5.42. The van der Waals surface area contributed by atoms with Crippen molar-refractivity contribution in [3.05, 3.63) is 46.1 Å². The predicted octanol–water partition coefficient (Wildman–Crippen LogP) is 3.67. The molecule has 1 aliphatic rings. The van der Waals surface area contributed by atoms with Crippen LogP contribution >= 0.6 is 11.3 Å². The van der Waals surface area contributed by atoms with Crippen LogP contribution in [0.1, 0.15) is 48.2 Å². The number of aromatic amines is 1. The molecule has 1 unspecified atom stereocenters. The molecule has 3 aromatic heterocycles. The summed E-state index contributed by atoms with van der Waals surface area (Å²) in [6.45, 7) is 5.92. The number of nitrogens with one attached hydrogen (secondary N) is 1. The van der Waals surface area contributed by atoms with Crippen molar-refractivity contribution in [1.29, 1.82) is 0 Å². The van der Waals surface area contributed by atoms with E-state index in [1.54, 1.807) is 11.3 Å². The van der Waals surface area contributed by atoms with E-state index in [2.05, 4.69) is 36.3 Å². The lowest BCUT2D eigenvalue weighted by atomic mass is 9.98. The number of nitrogens with zero attached hydrogens (tertiary/aromatic N) is 5. The van der Waals surface area contributed by atoms with Crippen LogP contribution in [0.5, 0.6) is 0 Å². The molecule has 1 saturated heterocycles. The fraction of sp³-hybridized carbons (Fsp3) is 0.444. The van der Waals surface area contributed by atoms with Crippen molar-refractivity contribution in [2.45, 2.75) is 45.7 Å². The Kier molecular flexibility index (Phi) is 4.59. The van der Waals surface area contributed by atoms with Gasteiger partial charge in [-0.25, -0.2) is 19.9 Å². The summed E-state index contributed by atoms with van der Waals surface area (Å²) in [5.74, 6) is 1.60. The number of hydrogen-bond acceptors (Lipinski definition) is 6. The van der Waals surface area contributed by atoms with Crippen LogP contribution in [0.4, 0.5) is 0 Å². The van der Waals surface area contributed by atoms with Gasteiger partial charge in [-0.15, -0.1) is 11.3 Å². The number of hydrogen-bond donors (Lipinski definition) is 1. The van der Waals surface area contributed by atoms with E-state index in [9.17, 15) is 0 Å². The third-order valence-electron chi connectivity index (χ3n) is 4.61. The van der Waals surface area contributed by atoms with Crippen LogP contribution in [-0.2, 0) is 6.54 Å². The standard InChI is InChI=1S/C18H22N6S/c1-12-8-19-18(21-12)16-7-15(22-13(2)23-16)17-5-3-4-6-24(17)9-14-10-25-11-20-14/h7-8,10-11,17H,3-6,9H2,1-2H3,(H,19,21). The van der Waals surface area contributed by atoms with Crippen molar-refractivity contribution < 1.29 is 0 Å². The summed E-state index contributed by atoms with van der Waals surface area (Å²) in [6, 6.07) is 2.40. The van der Waals surface area contributed by atoms with Crippen LogP contribution in [0.2, 0.25) is 0 Å². The van der Waals surface area contributed by atoms with E-state index in [1.165, 1.54) is 12.8 Å². The van der Waals surface area contributed by atoms with Crippen molar-refractivity contribution in [2.75, 3.05) is 6.54 Å². The van der Waals surface area contributed by atoms with Gasteiger partial charge >= 0.3 is 0 Å². The average molecular weight is 354 g/mol. The van der Waals surface area contributed by atoms with Gasteiger partial charge in [-0.2, -0.15) is 0 Å². The third kappa shape index (κ3) is 3.62. The fourth-order valence-corrected chi connectivity index (χ4v) is 4.01. The number of likely N-dealkylation sites (tertiary alicyclic amines) is 1. The van der Waals surface area contributed by atoms with E-state index in [0.29, 0.717) is 6.04 Å². The Morgan fingerprint density at radius 1 is 1.24 bits per heavy atom. The second-order valence-electron chi connectivity index (χ2n) is 6.60. The van der Waals surface area contributed by atoms with Gasteiger partial charge in [-0.3, -0.25) is 4.90 Å². The molecule has 0 saturated carbocycles. The highest BCUT2D eigenvalue weighted by Crippen LogP contribution is 2.32. The molecule has 7 heteroatoms. The first-order valence-corrected chi connectivity index (χ1v) is 9.62. The number of aromatic nitrogens is 5. The van der Waals surface area contributed by atoms with Crippen molar-refractivity contribution in [3.63, 3.8) is 0 Å². The summed E-state index contributed by atoms with van der Waals surface area (Å²) in [5.41, 5.74) is 6.04. The lowest BCUT2D eigenvalue weighted by Gasteiger charge is -2.35. The molecule has 0 aromatic carbocycles. The van der Waals surface area contributed by atoms with Crippen LogP contribution in [0.15, 0.2) is 23.2 Å². The molecule has 0 bridgehead atoms. The van der Waals surface area contributed by atoms with E-state index in [4.69, 9.17) is 4.98 Å². The molecule has 4 heterocycles. The molecule has 1 N–H and O–H groups in total. The molecule has 0 radical (unpaired) electrons. The van der Waals surface area contributed by atoms with Crippen LogP contribution < -0.4 is 0 Å². The van der Waals surface area contributed by atoms with Gasteiger partial charge < -0.3 is 4.98 Å². The highest BCUT2D eigenvalue weighted by atomic mass is 32.1. The topological polar surface area (TPSA) is 70.6 Å². The first kappa shape index (κ1) is 16.4. The molecule has 0 amide bonds. The van der Waals surface area contributed by atoms with Crippen LogP contribution in [0, 0.1) is 13.8 Å². The number of imidazole rings is 1. The Balaban J connectivity index is 1.65.